The van der Waals surface area contributed by atoms with Gasteiger partial charge in [0.25, 0.3) is 0 Å². The van der Waals surface area contributed by atoms with E-state index in [1.165, 1.54) is 10.4 Å². The number of rotatable bonds is 3. The number of halogens is 1. The second-order valence-electron chi connectivity index (χ2n) is 6.07. The predicted molar refractivity (Wildman–Crippen MR) is 87.0 cm³/mol. The Labute approximate surface area is 132 Å². The van der Waals surface area contributed by atoms with E-state index in [9.17, 15) is 8.42 Å². The summed E-state index contributed by atoms with van der Waals surface area (Å²) in [4.78, 5) is 0.255. The van der Waals surface area contributed by atoms with Gasteiger partial charge < -0.3 is 5.73 Å². The molecule has 0 aromatic heterocycles. The van der Waals surface area contributed by atoms with E-state index in [2.05, 4.69) is 6.92 Å². The standard InChI is InChI=1S/C15H23ClN2O2S/c1-10-4-6-12(7-5-10)18(3)21(19,20)15-9-14(17)13(16)8-11(15)2/h8-10,12H,4-7,17H2,1-3H3. The van der Waals surface area contributed by atoms with Gasteiger partial charge in [-0.05, 0) is 56.2 Å². The molecule has 0 heterocycles. The van der Waals surface area contributed by atoms with Crippen LogP contribution in [0.3, 0.4) is 0 Å². The molecular weight excluding hydrogens is 308 g/mol. The second-order valence-corrected chi connectivity index (χ2v) is 8.45. The van der Waals surface area contributed by atoms with E-state index in [0.717, 1.165) is 25.7 Å². The largest absolute Gasteiger partial charge is 0.397 e. The molecule has 0 spiro atoms. The first kappa shape index (κ1) is 16.6. The normalized spacial score (nSPS) is 23.5. The maximum atomic E-state index is 12.8. The summed E-state index contributed by atoms with van der Waals surface area (Å²) in [5.41, 5.74) is 6.70. The molecule has 2 N–H and O–H groups in total. The van der Waals surface area contributed by atoms with Gasteiger partial charge in [0.05, 0.1) is 15.6 Å². The third-order valence-corrected chi connectivity index (χ3v) is 6.83. The summed E-state index contributed by atoms with van der Waals surface area (Å²) < 4.78 is 27.2. The molecule has 0 radical (unpaired) electrons. The number of sulfonamides is 1. The predicted octanol–water partition coefficient (Wildman–Crippen LogP) is 3.43. The van der Waals surface area contributed by atoms with Gasteiger partial charge in [-0.1, -0.05) is 18.5 Å². The molecule has 0 saturated heterocycles. The van der Waals surface area contributed by atoms with Gasteiger partial charge in [-0.25, -0.2) is 8.42 Å². The molecule has 0 amide bonds. The summed E-state index contributed by atoms with van der Waals surface area (Å²) in [6.07, 6.45) is 3.98. The summed E-state index contributed by atoms with van der Waals surface area (Å²) in [5, 5.41) is 0.389. The van der Waals surface area contributed by atoms with E-state index in [1.807, 2.05) is 0 Å². The molecule has 21 heavy (non-hydrogen) atoms. The molecule has 4 nitrogen and oxygen atoms in total. The van der Waals surface area contributed by atoms with Crippen LogP contribution in [0.1, 0.15) is 38.2 Å². The molecular formula is C15H23ClN2O2S. The maximum absolute atomic E-state index is 12.8. The zero-order chi connectivity index (χ0) is 15.8. The fourth-order valence-corrected chi connectivity index (χ4v) is 4.78. The Kier molecular flexibility index (Phi) is 4.85. The van der Waals surface area contributed by atoms with Gasteiger partial charge in [0, 0.05) is 13.1 Å². The molecule has 1 aromatic rings. The fourth-order valence-electron chi connectivity index (χ4n) is 2.90. The number of anilines is 1. The van der Waals surface area contributed by atoms with Crippen molar-refractivity contribution in [2.45, 2.75) is 50.5 Å². The van der Waals surface area contributed by atoms with Gasteiger partial charge >= 0.3 is 0 Å². The Morgan fingerprint density at radius 3 is 2.38 bits per heavy atom. The lowest BCUT2D eigenvalue weighted by Crippen LogP contribution is -2.39. The summed E-state index contributed by atoms with van der Waals surface area (Å²) in [6.45, 7) is 3.96. The molecule has 0 atom stereocenters. The van der Waals surface area contributed by atoms with Crippen LogP contribution in [0.4, 0.5) is 5.69 Å². The highest BCUT2D eigenvalue weighted by Gasteiger charge is 2.31. The van der Waals surface area contributed by atoms with E-state index in [4.69, 9.17) is 17.3 Å². The smallest absolute Gasteiger partial charge is 0.243 e. The summed E-state index contributed by atoms with van der Waals surface area (Å²) in [6, 6.07) is 3.15. The van der Waals surface area contributed by atoms with Gasteiger partial charge in [-0.15, -0.1) is 0 Å². The first-order valence-corrected chi connectivity index (χ1v) is 9.09. The van der Waals surface area contributed by atoms with Crippen LogP contribution in [0.15, 0.2) is 17.0 Å². The van der Waals surface area contributed by atoms with Crippen molar-refractivity contribution in [1.29, 1.82) is 0 Å². The minimum Gasteiger partial charge on any atom is -0.397 e. The van der Waals surface area contributed by atoms with Crippen molar-refractivity contribution < 1.29 is 8.42 Å². The summed E-state index contributed by atoms with van der Waals surface area (Å²) >= 11 is 5.95. The number of nitrogens with zero attached hydrogens (tertiary/aromatic N) is 1. The Hall–Kier alpha value is -0.780. The molecule has 0 unspecified atom stereocenters. The van der Waals surface area contributed by atoms with Crippen molar-refractivity contribution in [1.82, 2.24) is 4.31 Å². The van der Waals surface area contributed by atoms with Crippen LogP contribution in [0.2, 0.25) is 5.02 Å². The van der Waals surface area contributed by atoms with Gasteiger partial charge in [-0.2, -0.15) is 4.31 Å². The van der Waals surface area contributed by atoms with Crippen molar-refractivity contribution in [3.05, 3.63) is 22.7 Å². The van der Waals surface area contributed by atoms with E-state index in [-0.39, 0.29) is 10.9 Å². The number of benzene rings is 1. The van der Waals surface area contributed by atoms with Crippen molar-refractivity contribution in [2.24, 2.45) is 5.92 Å². The average Bonchev–Trinajstić information content (AvgIpc) is 2.42. The molecule has 0 aliphatic heterocycles. The summed E-state index contributed by atoms with van der Waals surface area (Å²) in [7, 11) is -1.86. The molecule has 1 saturated carbocycles. The topological polar surface area (TPSA) is 63.4 Å². The van der Waals surface area contributed by atoms with Crippen LogP contribution >= 0.6 is 11.6 Å². The monoisotopic (exact) mass is 330 g/mol. The Bertz CT molecular complexity index is 623. The van der Waals surface area contributed by atoms with E-state index in [1.54, 1.807) is 20.0 Å². The second kappa shape index (κ2) is 6.15. The van der Waals surface area contributed by atoms with Crippen molar-refractivity contribution in [3.63, 3.8) is 0 Å². The number of hydrogen-bond donors (Lipinski definition) is 1. The van der Waals surface area contributed by atoms with Gasteiger partial charge in [0.2, 0.25) is 10.0 Å². The first-order valence-electron chi connectivity index (χ1n) is 7.27. The number of hydrogen-bond acceptors (Lipinski definition) is 3. The van der Waals surface area contributed by atoms with Crippen LogP contribution in [0.25, 0.3) is 0 Å². The fraction of sp³-hybridized carbons (Fsp3) is 0.600. The van der Waals surface area contributed by atoms with Crippen LogP contribution < -0.4 is 5.73 Å². The molecule has 2 rings (SSSR count). The van der Waals surface area contributed by atoms with Gasteiger partial charge in [0.15, 0.2) is 0 Å². The van der Waals surface area contributed by atoms with E-state index < -0.39 is 10.0 Å². The quantitative estimate of drug-likeness (QED) is 0.863. The van der Waals surface area contributed by atoms with Crippen molar-refractivity contribution in [2.75, 3.05) is 12.8 Å². The van der Waals surface area contributed by atoms with Crippen molar-refractivity contribution >= 4 is 27.3 Å². The Morgan fingerprint density at radius 2 is 1.81 bits per heavy atom. The van der Waals surface area contributed by atoms with Crippen LogP contribution in [0.5, 0.6) is 0 Å². The first-order chi connectivity index (χ1) is 9.73. The van der Waals surface area contributed by atoms with Crippen LogP contribution in [0, 0.1) is 12.8 Å². The van der Waals surface area contributed by atoms with Crippen LogP contribution in [-0.2, 0) is 10.0 Å². The zero-order valence-corrected chi connectivity index (χ0v) is 14.3. The third kappa shape index (κ3) is 3.35. The van der Waals surface area contributed by atoms with Crippen LogP contribution in [-0.4, -0.2) is 25.8 Å². The number of nitrogens with two attached hydrogens (primary N) is 1. The van der Waals surface area contributed by atoms with Gasteiger partial charge in [0.1, 0.15) is 0 Å². The minimum atomic E-state index is -3.53. The van der Waals surface area contributed by atoms with E-state index in [0.29, 0.717) is 22.2 Å². The zero-order valence-electron chi connectivity index (χ0n) is 12.8. The number of nitrogen functional groups attached to an aromatic ring is 1. The summed E-state index contributed by atoms with van der Waals surface area (Å²) in [5.74, 6) is 0.685. The third-order valence-electron chi connectivity index (χ3n) is 4.45. The molecule has 118 valence electrons. The lowest BCUT2D eigenvalue weighted by molar-refractivity contribution is 0.246. The Morgan fingerprint density at radius 1 is 1.24 bits per heavy atom. The molecule has 1 aliphatic carbocycles. The average molecular weight is 331 g/mol. The minimum absolute atomic E-state index is 0.0718. The SMILES string of the molecule is Cc1cc(Cl)c(N)cc1S(=O)(=O)N(C)C1CCC(C)CC1. The number of aryl methyl sites for hydroxylation is 1. The maximum Gasteiger partial charge on any atom is 0.243 e. The van der Waals surface area contributed by atoms with Crippen molar-refractivity contribution in [3.8, 4) is 0 Å². The molecule has 1 aliphatic rings. The Balaban J connectivity index is 2.31. The van der Waals surface area contributed by atoms with Gasteiger partial charge in [-0.3, -0.25) is 0 Å². The highest BCUT2D eigenvalue weighted by atomic mass is 35.5. The molecule has 1 aromatic carbocycles. The lowest BCUT2D eigenvalue weighted by atomic mass is 9.87. The highest BCUT2D eigenvalue weighted by Crippen LogP contribution is 2.32. The highest BCUT2D eigenvalue weighted by molar-refractivity contribution is 7.89. The molecule has 0 bridgehead atoms. The lowest BCUT2D eigenvalue weighted by Gasteiger charge is -2.33. The van der Waals surface area contributed by atoms with E-state index >= 15 is 0 Å². The molecule has 6 heteroatoms. The molecule has 1 fully saturated rings.